The van der Waals surface area contributed by atoms with E-state index < -0.39 is 17.7 Å². The number of benzene rings is 2. The monoisotopic (exact) mass is 443 g/mol. The minimum atomic E-state index is -4.36. The Morgan fingerprint density at radius 1 is 0.935 bits per heavy atom. The summed E-state index contributed by atoms with van der Waals surface area (Å²) in [5.74, 6) is -0.527. The third-order valence-electron chi connectivity index (χ3n) is 4.87. The van der Waals surface area contributed by atoms with Crippen LogP contribution < -0.4 is 0 Å². The lowest BCUT2D eigenvalue weighted by molar-refractivity contribution is -0.137. The van der Waals surface area contributed by atoms with Crippen molar-refractivity contribution in [2.45, 2.75) is 25.4 Å². The van der Waals surface area contributed by atoms with Gasteiger partial charge in [0.1, 0.15) is 0 Å². The van der Waals surface area contributed by atoms with Crippen LogP contribution in [0.3, 0.4) is 0 Å². The zero-order valence-corrected chi connectivity index (χ0v) is 17.0. The summed E-state index contributed by atoms with van der Waals surface area (Å²) in [6, 6.07) is 12.0. The van der Waals surface area contributed by atoms with E-state index in [0.717, 1.165) is 38.4 Å². The molecular formula is C23H17F4N3S. The first-order chi connectivity index (χ1) is 14.8. The molecule has 2 heterocycles. The average molecular weight is 443 g/mol. The summed E-state index contributed by atoms with van der Waals surface area (Å²) < 4.78 is 51.3. The number of rotatable bonds is 6. The van der Waals surface area contributed by atoms with Crippen LogP contribution in [-0.4, -0.2) is 15.7 Å². The van der Waals surface area contributed by atoms with Gasteiger partial charge in [0.15, 0.2) is 0 Å². The molecule has 2 aromatic carbocycles. The van der Waals surface area contributed by atoms with E-state index in [0.29, 0.717) is 30.5 Å². The number of alkyl halides is 3. The number of halogens is 4. The Morgan fingerprint density at radius 2 is 1.71 bits per heavy atom. The Balaban J connectivity index is 1.37. The molecule has 0 radical (unpaired) electrons. The van der Waals surface area contributed by atoms with Gasteiger partial charge in [-0.2, -0.15) is 17.6 Å². The van der Waals surface area contributed by atoms with Crippen LogP contribution in [0, 0.1) is 11.4 Å². The fourth-order valence-corrected chi connectivity index (χ4v) is 4.14. The summed E-state index contributed by atoms with van der Waals surface area (Å²) in [5.41, 5.74) is 1.35. The molecule has 8 heteroatoms. The highest BCUT2D eigenvalue weighted by molar-refractivity contribution is 7.15. The van der Waals surface area contributed by atoms with Gasteiger partial charge in [0.05, 0.1) is 15.4 Å². The molecule has 0 bridgehead atoms. The molecule has 31 heavy (non-hydrogen) atoms. The van der Waals surface area contributed by atoms with Gasteiger partial charge in [-0.15, -0.1) is 11.3 Å². The Kier molecular flexibility index (Phi) is 5.82. The fraction of sp³-hybridized carbons (Fsp3) is 0.174. The molecule has 0 fully saturated rings. The van der Waals surface area contributed by atoms with Crippen molar-refractivity contribution in [1.29, 1.82) is 5.41 Å². The van der Waals surface area contributed by atoms with Gasteiger partial charge in [0.2, 0.25) is 5.95 Å². The van der Waals surface area contributed by atoms with Gasteiger partial charge in [0, 0.05) is 42.4 Å². The molecule has 2 aromatic heterocycles. The third-order valence-corrected chi connectivity index (χ3v) is 5.97. The molecule has 0 unspecified atom stereocenters. The lowest BCUT2D eigenvalue weighted by atomic mass is 10.0. The highest BCUT2D eigenvalue weighted by Crippen LogP contribution is 2.30. The number of aromatic nitrogens is 2. The molecular weight excluding hydrogens is 426 g/mol. The highest BCUT2D eigenvalue weighted by atomic mass is 32.1. The molecule has 0 aliphatic rings. The first-order valence-electron chi connectivity index (χ1n) is 9.51. The number of nitrogens with zero attached hydrogens (tertiary/aromatic N) is 2. The number of aryl methyl sites for hydroxylation is 1. The van der Waals surface area contributed by atoms with Gasteiger partial charge < -0.3 is 5.41 Å². The van der Waals surface area contributed by atoms with Crippen LogP contribution in [0.25, 0.3) is 21.2 Å². The maximum absolute atomic E-state index is 13.4. The van der Waals surface area contributed by atoms with Gasteiger partial charge in [-0.25, -0.2) is 9.97 Å². The summed E-state index contributed by atoms with van der Waals surface area (Å²) >= 11 is 1.51. The fourth-order valence-electron chi connectivity index (χ4n) is 3.23. The molecule has 3 nitrogen and oxygen atoms in total. The van der Waals surface area contributed by atoms with Crippen LogP contribution >= 0.6 is 11.3 Å². The van der Waals surface area contributed by atoms with E-state index in [4.69, 9.17) is 5.41 Å². The first kappa shape index (κ1) is 21.1. The van der Waals surface area contributed by atoms with Crippen molar-refractivity contribution in [2.75, 3.05) is 0 Å². The van der Waals surface area contributed by atoms with E-state index in [1.54, 1.807) is 6.20 Å². The van der Waals surface area contributed by atoms with Crippen LogP contribution in [0.1, 0.15) is 22.6 Å². The number of pyridine rings is 1. The molecule has 1 N–H and O–H groups in total. The highest BCUT2D eigenvalue weighted by Gasteiger charge is 2.29. The predicted octanol–water partition coefficient (Wildman–Crippen LogP) is 6.71. The van der Waals surface area contributed by atoms with E-state index >= 15 is 0 Å². The summed E-state index contributed by atoms with van der Waals surface area (Å²) in [4.78, 5) is 9.02. The van der Waals surface area contributed by atoms with Gasteiger partial charge >= 0.3 is 6.18 Å². The Bertz CT molecular complexity index is 1230. The molecule has 0 saturated carbocycles. The molecule has 4 rings (SSSR count). The second-order valence-corrected chi connectivity index (χ2v) is 8.28. The SMILES string of the molecule is N=C(CCc1ncc(-c2ccc3cnc(F)cc3c2)s1)Cc1ccc(C(F)(F)F)cc1. The number of fused-ring (bicyclic) bond motifs is 1. The number of thiazole rings is 1. The topological polar surface area (TPSA) is 49.6 Å². The van der Waals surface area contributed by atoms with Crippen LogP contribution in [0.2, 0.25) is 0 Å². The van der Waals surface area contributed by atoms with E-state index in [-0.39, 0.29) is 0 Å². The second kappa shape index (κ2) is 8.55. The van der Waals surface area contributed by atoms with Crippen molar-refractivity contribution in [2.24, 2.45) is 0 Å². The molecule has 158 valence electrons. The average Bonchev–Trinajstić information content (AvgIpc) is 3.20. The summed E-state index contributed by atoms with van der Waals surface area (Å²) in [7, 11) is 0. The lowest BCUT2D eigenvalue weighted by Gasteiger charge is -2.08. The molecule has 0 atom stereocenters. The predicted molar refractivity (Wildman–Crippen MR) is 114 cm³/mol. The molecule has 0 saturated heterocycles. The molecule has 0 aliphatic carbocycles. The quantitative estimate of drug-likeness (QED) is 0.205. The Morgan fingerprint density at radius 3 is 2.45 bits per heavy atom. The van der Waals surface area contributed by atoms with Crippen molar-refractivity contribution >= 4 is 27.8 Å². The summed E-state index contributed by atoms with van der Waals surface area (Å²) in [5, 5.41) is 10.6. The van der Waals surface area contributed by atoms with Crippen LogP contribution in [0.5, 0.6) is 0 Å². The smallest absolute Gasteiger partial charge is 0.309 e. The first-order valence-corrected chi connectivity index (χ1v) is 10.3. The maximum Gasteiger partial charge on any atom is 0.416 e. The Hall–Kier alpha value is -3.13. The number of hydrogen-bond donors (Lipinski definition) is 1. The van der Waals surface area contributed by atoms with Gasteiger partial charge in [0.25, 0.3) is 0 Å². The van der Waals surface area contributed by atoms with Gasteiger partial charge in [-0.05, 0) is 41.1 Å². The van der Waals surface area contributed by atoms with E-state index in [1.807, 2.05) is 18.2 Å². The van der Waals surface area contributed by atoms with Crippen LogP contribution in [-0.2, 0) is 19.0 Å². The van der Waals surface area contributed by atoms with Crippen molar-refractivity contribution in [3.63, 3.8) is 0 Å². The van der Waals surface area contributed by atoms with Crippen molar-refractivity contribution in [3.05, 3.63) is 83.0 Å². The molecule has 0 aliphatic heterocycles. The maximum atomic E-state index is 13.4. The van der Waals surface area contributed by atoms with Crippen molar-refractivity contribution in [1.82, 2.24) is 9.97 Å². The summed E-state index contributed by atoms with van der Waals surface area (Å²) in [6.45, 7) is 0. The van der Waals surface area contributed by atoms with Crippen LogP contribution in [0.4, 0.5) is 17.6 Å². The zero-order valence-electron chi connectivity index (χ0n) is 16.2. The standard InChI is InChI=1S/C23H17F4N3S/c24-21-11-17-10-15(3-4-16(17)12-29-21)20-13-30-22(31-20)8-7-19(28)9-14-1-5-18(6-2-14)23(25,26)27/h1-6,10-13,28H,7-9H2. The summed E-state index contributed by atoms with van der Waals surface area (Å²) in [6.07, 6.45) is 0.261. The number of nitrogens with one attached hydrogen (secondary N) is 1. The minimum absolute atomic E-state index is 0.306. The lowest BCUT2D eigenvalue weighted by Crippen LogP contribution is -2.06. The molecule has 0 spiro atoms. The Labute approximate surface area is 179 Å². The van der Waals surface area contributed by atoms with Crippen molar-refractivity contribution < 1.29 is 17.6 Å². The molecule has 4 aromatic rings. The van der Waals surface area contributed by atoms with Crippen LogP contribution in [0.15, 0.2) is 60.9 Å². The largest absolute Gasteiger partial charge is 0.416 e. The third kappa shape index (κ3) is 5.14. The van der Waals surface area contributed by atoms with E-state index in [9.17, 15) is 17.6 Å². The van der Waals surface area contributed by atoms with E-state index in [2.05, 4.69) is 9.97 Å². The van der Waals surface area contributed by atoms with Gasteiger partial charge in [-0.1, -0.05) is 24.3 Å². The minimum Gasteiger partial charge on any atom is -0.309 e. The molecule has 0 amide bonds. The number of hydrogen-bond acceptors (Lipinski definition) is 4. The zero-order chi connectivity index (χ0) is 22.0. The van der Waals surface area contributed by atoms with Crippen molar-refractivity contribution in [3.8, 4) is 10.4 Å². The second-order valence-electron chi connectivity index (χ2n) is 7.16. The normalized spacial score (nSPS) is 11.7. The van der Waals surface area contributed by atoms with E-state index in [1.165, 1.54) is 35.7 Å². The van der Waals surface area contributed by atoms with Gasteiger partial charge in [-0.3, -0.25) is 0 Å².